The lowest BCUT2D eigenvalue weighted by atomic mass is 10.1. The summed E-state index contributed by atoms with van der Waals surface area (Å²) >= 11 is 0. The Labute approximate surface area is 210 Å². The third kappa shape index (κ3) is 4.82. The van der Waals surface area contributed by atoms with Crippen LogP contribution in [0.25, 0.3) is 22.1 Å². The Bertz CT molecular complexity index is 1640. The number of nitrogens with zero attached hydrogens (tertiary/aromatic N) is 2. The zero-order valence-electron chi connectivity index (χ0n) is 20.3. The SMILES string of the molecule is CC(=O)c1ccc(NC(=O)Cn2c(=O)n(CC(=O)NC3CCCC3)c(=O)c3oc4ccccc4c32)cc1. The molecule has 0 radical (unpaired) electrons. The molecular formula is C27H26N4O6. The summed E-state index contributed by atoms with van der Waals surface area (Å²) in [5.74, 6) is -1.06. The van der Waals surface area contributed by atoms with Gasteiger partial charge in [-0.25, -0.2) is 9.36 Å². The summed E-state index contributed by atoms with van der Waals surface area (Å²) in [5.41, 5.74) is -0.0874. The number of ketones is 1. The van der Waals surface area contributed by atoms with Crippen LogP contribution < -0.4 is 21.9 Å². The molecule has 0 saturated heterocycles. The van der Waals surface area contributed by atoms with Crippen molar-refractivity contribution in [1.82, 2.24) is 14.5 Å². The van der Waals surface area contributed by atoms with Gasteiger partial charge in [-0.1, -0.05) is 25.0 Å². The summed E-state index contributed by atoms with van der Waals surface area (Å²) in [7, 11) is 0. The number of amides is 2. The van der Waals surface area contributed by atoms with Crippen LogP contribution in [-0.2, 0) is 22.7 Å². The van der Waals surface area contributed by atoms with E-state index < -0.39 is 36.2 Å². The average molecular weight is 503 g/mol. The molecule has 0 bridgehead atoms. The summed E-state index contributed by atoms with van der Waals surface area (Å²) in [6, 6.07) is 13.2. The number of hydrogen-bond donors (Lipinski definition) is 2. The van der Waals surface area contributed by atoms with Gasteiger partial charge >= 0.3 is 5.69 Å². The van der Waals surface area contributed by atoms with Crippen LogP contribution in [0, 0.1) is 0 Å². The fourth-order valence-corrected chi connectivity index (χ4v) is 4.80. The maximum Gasteiger partial charge on any atom is 0.332 e. The number of Topliss-reactive ketones (excluding diaryl/α,β-unsaturated/α-hetero) is 1. The summed E-state index contributed by atoms with van der Waals surface area (Å²) in [5, 5.41) is 6.09. The summed E-state index contributed by atoms with van der Waals surface area (Å²) in [4.78, 5) is 63.9. The lowest BCUT2D eigenvalue weighted by Gasteiger charge is -2.14. The summed E-state index contributed by atoms with van der Waals surface area (Å²) in [6.45, 7) is 0.552. The number of aromatic nitrogens is 2. The van der Waals surface area contributed by atoms with Crippen molar-refractivity contribution in [3.05, 3.63) is 74.9 Å². The fourth-order valence-electron chi connectivity index (χ4n) is 4.80. The molecule has 37 heavy (non-hydrogen) atoms. The van der Waals surface area contributed by atoms with E-state index in [0.717, 1.165) is 34.8 Å². The second-order valence-corrected chi connectivity index (χ2v) is 9.27. The van der Waals surface area contributed by atoms with Crippen LogP contribution in [0.1, 0.15) is 43.0 Å². The molecule has 0 aliphatic heterocycles. The Hall–Kier alpha value is -4.47. The number of para-hydroxylation sites is 1. The number of carbonyl (C=O) groups is 3. The lowest BCUT2D eigenvalue weighted by molar-refractivity contribution is -0.122. The minimum absolute atomic E-state index is 0.0283. The molecule has 2 aromatic carbocycles. The van der Waals surface area contributed by atoms with Crippen LogP contribution in [0.4, 0.5) is 5.69 Å². The van der Waals surface area contributed by atoms with Crippen molar-refractivity contribution in [2.24, 2.45) is 0 Å². The maximum absolute atomic E-state index is 13.5. The standard InChI is InChI=1S/C27H26N4O6/c1-16(32)17-10-12-19(13-11-17)29-22(33)14-30-24-20-8-4-5-9-21(20)37-25(24)26(35)31(27(30)36)15-23(34)28-18-6-2-3-7-18/h4-5,8-13,18H,2-3,6-7,14-15H2,1H3,(H,28,34)(H,29,33). The smallest absolute Gasteiger partial charge is 0.332 e. The molecule has 1 fully saturated rings. The van der Waals surface area contributed by atoms with E-state index in [9.17, 15) is 24.0 Å². The minimum Gasteiger partial charge on any atom is -0.449 e. The van der Waals surface area contributed by atoms with Gasteiger partial charge in [0.2, 0.25) is 17.4 Å². The minimum atomic E-state index is -0.785. The van der Waals surface area contributed by atoms with Crippen LogP contribution >= 0.6 is 0 Å². The van der Waals surface area contributed by atoms with Gasteiger partial charge in [0.05, 0.1) is 0 Å². The van der Waals surface area contributed by atoms with Crippen LogP contribution in [0.2, 0.25) is 0 Å². The first-order chi connectivity index (χ1) is 17.8. The Morgan fingerprint density at radius 3 is 2.30 bits per heavy atom. The lowest BCUT2D eigenvalue weighted by Crippen LogP contribution is -2.46. The van der Waals surface area contributed by atoms with Crippen molar-refractivity contribution < 1.29 is 18.8 Å². The van der Waals surface area contributed by atoms with E-state index in [4.69, 9.17) is 4.42 Å². The molecule has 10 nitrogen and oxygen atoms in total. The predicted molar refractivity (Wildman–Crippen MR) is 138 cm³/mol. The highest BCUT2D eigenvalue weighted by molar-refractivity contribution is 6.03. The zero-order valence-corrected chi connectivity index (χ0v) is 20.3. The third-order valence-electron chi connectivity index (χ3n) is 6.64. The normalized spacial score (nSPS) is 13.8. The molecule has 190 valence electrons. The Kier molecular flexibility index (Phi) is 6.47. The molecule has 0 unspecified atom stereocenters. The van der Waals surface area contributed by atoms with Gasteiger partial charge in [-0.3, -0.25) is 23.7 Å². The maximum atomic E-state index is 13.5. The van der Waals surface area contributed by atoms with Gasteiger partial charge in [-0.15, -0.1) is 0 Å². The fraction of sp³-hybridized carbons (Fsp3) is 0.296. The molecule has 4 aromatic rings. The van der Waals surface area contributed by atoms with Gasteiger partial charge in [0.1, 0.15) is 24.2 Å². The van der Waals surface area contributed by atoms with E-state index in [1.54, 1.807) is 48.5 Å². The van der Waals surface area contributed by atoms with Gasteiger partial charge in [0, 0.05) is 22.7 Å². The van der Waals surface area contributed by atoms with Crippen LogP contribution in [0.3, 0.4) is 0 Å². The Balaban J connectivity index is 1.52. The zero-order chi connectivity index (χ0) is 26.1. The van der Waals surface area contributed by atoms with Gasteiger partial charge in [-0.2, -0.15) is 0 Å². The molecule has 2 amide bonds. The van der Waals surface area contributed by atoms with Crippen molar-refractivity contribution in [2.45, 2.75) is 51.7 Å². The predicted octanol–water partition coefficient (Wildman–Crippen LogP) is 2.81. The number of carbonyl (C=O) groups excluding carboxylic acids is 3. The van der Waals surface area contributed by atoms with Crippen molar-refractivity contribution in [3.63, 3.8) is 0 Å². The number of anilines is 1. The Morgan fingerprint density at radius 1 is 0.919 bits per heavy atom. The first-order valence-corrected chi connectivity index (χ1v) is 12.2. The van der Waals surface area contributed by atoms with Crippen LogP contribution in [-0.4, -0.2) is 32.8 Å². The first-order valence-electron chi connectivity index (χ1n) is 12.2. The molecule has 10 heteroatoms. The molecule has 2 N–H and O–H groups in total. The Morgan fingerprint density at radius 2 is 1.59 bits per heavy atom. The van der Waals surface area contributed by atoms with Gasteiger partial charge in [-0.05, 0) is 56.2 Å². The summed E-state index contributed by atoms with van der Waals surface area (Å²) in [6.07, 6.45) is 3.77. The second-order valence-electron chi connectivity index (χ2n) is 9.27. The number of furan rings is 1. The number of nitrogens with one attached hydrogen (secondary N) is 2. The topological polar surface area (TPSA) is 132 Å². The van der Waals surface area contributed by atoms with E-state index in [-0.39, 0.29) is 22.9 Å². The molecule has 1 saturated carbocycles. The van der Waals surface area contributed by atoms with Crippen molar-refractivity contribution in [1.29, 1.82) is 0 Å². The summed E-state index contributed by atoms with van der Waals surface area (Å²) < 4.78 is 7.75. The molecule has 0 spiro atoms. The highest BCUT2D eigenvalue weighted by Gasteiger charge is 2.24. The molecule has 1 aliphatic rings. The number of fused-ring (bicyclic) bond motifs is 3. The van der Waals surface area contributed by atoms with E-state index in [1.807, 2.05) is 0 Å². The molecule has 2 aromatic heterocycles. The van der Waals surface area contributed by atoms with E-state index in [2.05, 4.69) is 10.6 Å². The molecule has 1 aliphatic carbocycles. The average Bonchev–Trinajstić information content (AvgIpc) is 3.52. The highest BCUT2D eigenvalue weighted by atomic mass is 16.3. The van der Waals surface area contributed by atoms with Crippen molar-refractivity contribution in [2.75, 3.05) is 5.32 Å². The van der Waals surface area contributed by atoms with Gasteiger partial charge in [0.15, 0.2) is 5.78 Å². The van der Waals surface area contributed by atoms with Gasteiger partial charge < -0.3 is 15.1 Å². The van der Waals surface area contributed by atoms with Crippen molar-refractivity contribution >= 4 is 45.4 Å². The quantitative estimate of drug-likeness (QED) is 0.374. The third-order valence-corrected chi connectivity index (χ3v) is 6.64. The number of hydrogen-bond acceptors (Lipinski definition) is 6. The van der Waals surface area contributed by atoms with Gasteiger partial charge in [0.25, 0.3) is 5.56 Å². The largest absolute Gasteiger partial charge is 0.449 e. The van der Waals surface area contributed by atoms with Crippen molar-refractivity contribution in [3.8, 4) is 0 Å². The second kappa shape index (κ2) is 9.88. The molecule has 0 atom stereocenters. The molecular weight excluding hydrogens is 476 g/mol. The molecule has 2 heterocycles. The highest BCUT2D eigenvalue weighted by Crippen LogP contribution is 2.25. The number of rotatable bonds is 7. The number of benzene rings is 2. The van der Waals surface area contributed by atoms with Crippen LogP contribution in [0.5, 0.6) is 0 Å². The van der Waals surface area contributed by atoms with E-state index in [0.29, 0.717) is 22.2 Å². The first kappa shape index (κ1) is 24.2. The van der Waals surface area contributed by atoms with E-state index in [1.165, 1.54) is 6.92 Å². The van der Waals surface area contributed by atoms with E-state index >= 15 is 0 Å². The monoisotopic (exact) mass is 502 g/mol. The molecule has 5 rings (SSSR count). The van der Waals surface area contributed by atoms with Crippen LogP contribution in [0.15, 0.2) is 62.5 Å².